The predicted molar refractivity (Wildman–Crippen MR) is 129 cm³/mol. The van der Waals surface area contributed by atoms with Gasteiger partial charge in [0.1, 0.15) is 6.54 Å². The van der Waals surface area contributed by atoms with Crippen LogP contribution < -0.4 is 10.6 Å². The first kappa shape index (κ1) is 26.0. The van der Waals surface area contributed by atoms with Crippen molar-refractivity contribution in [3.63, 3.8) is 0 Å². The molecule has 0 aromatic heterocycles. The molecule has 10 nitrogen and oxygen atoms in total. The van der Waals surface area contributed by atoms with Crippen LogP contribution in [0, 0.1) is 10.1 Å². The summed E-state index contributed by atoms with van der Waals surface area (Å²) in [4.78, 5) is 59.9. The molecule has 0 spiro atoms. The molecule has 0 heterocycles. The summed E-state index contributed by atoms with van der Waals surface area (Å²) in [5, 5.41) is 16.1. The second kappa shape index (κ2) is 12.2. The number of ketones is 1. The number of esters is 1. The monoisotopic (exact) mass is 509 g/mol. The lowest BCUT2D eigenvalue weighted by Gasteiger charge is -2.18. The third-order valence-electron chi connectivity index (χ3n) is 4.90. The van der Waals surface area contributed by atoms with Gasteiger partial charge in [-0.25, -0.2) is 0 Å². The van der Waals surface area contributed by atoms with Crippen molar-refractivity contribution in [3.8, 4) is 0 Å². The van der Waals surface area contributed by atoms with Crippen LogP contribution in [0.5, 0.6) is 0 Å². The number of halogens is 1. The van der Waals surface area contributed by atoms with E-state index in [2.05, 4.69) is 10.6 Å². The van der Waals surface area contributed by atoms with Gasteiger partial charge in [0.2, 0.25) is 11.7 Å². The average Bonchev–Trinajstić information content (AvgIpc) is 2.89. The third-order valence-corrected chi connectivity index (χ3v) is 5.15. The van der Waals surface area contributed by atoms with Gasteiger partial charge in [-0.15, -0.1) is 0 Å². The van der Waals surface area contributed by atoms with Gasteiger partial charge in [-0.1, -0.05) is 41.9 Å². The second-order valence-corrected chi connectivity index (χ2v) is 7.85. The number of hydrogen-bond donors (Lipinski definition) is 2. The molecule has 3 aromatic carbocycles. The molecule has 1 unspecified atom stereocenters. The van der Waals surface area contributed by atoms with E-state index in [1.54, 1.807) is 30.3 Å². The van der Waals surface area contributed by atoms with E-state index in [-0.39, 0.29) is 16.8 Å². The molecule has 1 atom stereocenters. The molecule has 0 bridgehead atoms. The SMILES string of the molecule is O=C(CNC(=O)c1ccc(Cl)cc1)NCC(=O)OC(C(=O)c1ccccc1)c1ccc([N+](=O)[O-])cc1. The molecule has 3 rings (SSSR count). The number of rotatable bonds is 10. The van der Waals surface area contributed by atoms with Crippen molar-refractivity contribution < 1.29 is 28.8 Å². The number of non-ortho nitro benzene ring substituents is 1. The van der Waals surface area contributed by atoms with Crippen molar-refractivity contribution in [2.75, 3.05) is 13.1 Å². The molecule has 0 radical (unpaired) electrons. The van der Waals surface area contributed by atoms with E-state index < -0.39 is 47.7 Å². The summed E-state index contributed by atoms with van der Waals surface area (Å²) in [7, 11) is 0. The van der Waals surface area contributed by atoms with E-state index in [0.717, 1.165) is 0 Å². The topological polar surface area (TPSA) is 145 Å². The van der Waals surface area contributed by atoms with Crippen molar-refractivity contribution in [3.05, 3.63) is 111 Å². The molecular weight excluding hydrogens is 490 g/mol. The molecule has 11 heteroatoms. The number of Topliss-reactive ketones (excluding diaryl/α,β-unsaturated/α-hetero) is 1. The van der Waals surface area contributed by atoms with Crippen LogP contribution in [0.15, 0.2) is 78.9 Å². The van der Waals surface area contributed by atoms with Crippen LogP contribution in [-0.4, -0.2) is 41.6 Å². The normalized spacial score (nSPS) is 11.1. The molecule has 0 aliphatic heterocycles. The molecule has 2 amide bonds. The number of carbonyl (C=O) groups is 4. The molecule has 0 saturated carbocycles. The van der Waals surface area contributed by atoms with Gasteiger partial charge in [-0.2, -0.15) is 0 Å². The van der Waals surface area contributed by atoms with E-state index in [9.17, 15) is 29.3 Å². The van der Waals surface area contributed by atoms with Crippen molar-refractivity contribution in [2.45, 2.75) is 6.10 Å². The fourth-order valence-electron chi connectivity index (χ4n) is 3.07. The Morgan fingerprint density at radius 1 is 0.833 bits per heavy atom. The summed E-state index contributed by atoms with van der Waals surface area (Å²) < 4.78 is 5.34. The zero-order valence-electron chi connectivity index (χ0n) is 18.7. The Morgan fingerprint density at radius 2 is 1.47 bits per heavy atom. The first-order valence-electron chi connectivity index (χ1n) is 10.6. The van der Waals surface area contributed by atoms with Crippen LogP contribution in [-0.2, 0) is 14.3 Å². The smallest absolute Gasteiger partial charge is 0.326 e. The molecular formula is C25H20ClN3O7. The molecule has 3 aromatic rings. The number of nitrogens with one attached hydrogen (secondary N) is 2. The number of hydrogen-bond acceptors (Lipinski definition) is 7. The highest BCUT2D eigenvalue weighted by atomic mass is 35.5. The van der Waals surface area contributed by atoms with E-state index in [1.165, 1.54) is 48.5 Å². The highest BCUT2D eigenvalue weighted by molar-refractivity contribution is 6.30. The number of ether oxygens (including phenoxy) is 1. The molecule has 0 aliphatic rings. The Hall–Kier alpha value is -4.57. The van der Waals surface area contributed by atoms with Crippen molar-refractivity contribution in [1.82, 2.24) is 10.6 Å². The standard InChI is InChI=1S/C25H20ClN3O7/c26-19-10-6-18(7-11-19)25(33)28-14-21(30)27-15-22(31)36-24(23(32)16-4-2-1-3-5-16)17-8-12-20(13-9-17)29(34)35/h1-13,24H,14-15H2,(H,27,30)(H,28,33). The second-order valence-electron chi connectivity index (χ2n) is 7.42. The summed E-state index contributed by atoms with van der Waals surface area (Å²) in [6, 6.07) is 19.2. The number of nitrogens with zero attached hydrogens (tertiary/aromatic N) is 1. The van der Waals surface area contributed by atoms with E-state index in [0.29, 0.717) is 10.6 Å². The van der Waals surface area contributed by atoms with Crippen LogP contribution in [0.25, 0.3) is 0 Å². The third kappa shape index (κ3) is 7.21. The minimum absolute atomic E-state index is 0.191. The average molecular weight is 510 g/mol. The molecule has 2 N–H and O–H groups in total. The van der Waals surface area contributed by atoms with E-state index >= 15 is 0 Å². The Balaban J connectivity index is 1.60. The summed E-state index contributed by atoms with van der Waals surface area (Å²) in [6.07, 6.45) is -1.39. The van der Waals surface area contributed by atoms with Gasteiger partial charge in [0.25, 0.3) is 11.6 Å². The Morgan fingerprint density at radius 3 is 2.08 bits per heavy atom. The Labute approximate surface area is 210 Å². The fraction of sp³-hybridized carbons (Fsp3) is 0.120. The number of amides is 2. The minimum atomic E-state index is -1.39. The maximum absolute atomic E-state index is 13.0. The van der Waals surface area contributed by atoms with E-state index in [4.69, 9.17) is 16.3 Å². The zero-order valence-corrected chi connectivity index (χ0v) is 19.4. The molecule has 36 heavy (non-hydrogen) atoms. The van der Waals surface area contributed by atoms with Crippen LogP contribution >= 0.6 is 11.6 Å². The predicted octanol–water partition coefficient (Wildman–Crippen LogP) is 3.26. The largest absolute Gasteiger partial charge is 0.448 e. The highest BCUT2D eigenvalue weighted by Gasteiger charge is 2.27. The van der Waals surface area contributed by atoms with Gasteiger partial charge in [-0.05, 0) is 36.4 Å². The number of benzene rings is 3. The Bertz CT molecular complexity index is 1260. The van der Waals surface area contributed by atoms with Crippen molar-refractivity contribution >= 4 is 40.9 Å². The fourth-order valence-corrected chi connectivity index (χ4v) is 3.19. The first-order valence-corrected chi connectivity index (χ1v) is 11.0. The first-order chi connectivity index (χ1) is 17.2. The molecule has 184 valence electrons. The van der Waals surface area contributed by atoms with Gasteiger partial charge in [0, 0.05) is 33.8 Å². The lowest BCUT2D eigenvalue weighted by molar-refractivity contribution is -0.384. The summed E-state index contributed by atoms with van der Waals surface area (Å²) >= 11 is 5.78. The summed E-state index contributed by atoms with van der Waals surface area (Å²) in [6.45, 7) is -0.968. The maximum atomic E-state index is 13.0. The van der Waals surface area contributed by atoms with Crippen LogP contribution in [0.3, 0.4) is 0 Å². The van der Waals surface area contributed by atoms with Gasteiger partial charge < -0.3 is 15.4 Å². The maximum Gasteiger partial charge on any atom is 0.326 e. The molecule has 0 fully saturated rings. The van der Waals surface area contributed by atoms with Gasteiger partial charge >= 0.3 is 5.97 Å². The lowest BCUT2D eigenvalue weighted by atomic mass is 9.99. The van der Waals surface area contributed by atoms with Gasteiger partial charge in [-0.3, -0.25) is 29.3 Å². The van der Waals surface area contributed by atoms with Crippen molar-refractivity contribution in [2.24, 2.45) is 0 Å². The lowest BCUT2D eigenvalue weighted by Crippen LogP contribution is -2.39. The summed E-state index contributed by atoms with van der Waals surface area (Å²) in [5.41, 5.74) is 0.604. The van der Waals surface area contributed by atoms with E-state index in [1.807, 2.05) is 0 Å². The van der Waals surface area contributed by atoms with Crippen LogP contribution in [0.2, 0.25) is 5.02 Å². The van der Waals surface area contributed by atoms with Crippen LogP contribution in [0.4, 0.5) is 5.69 Å². The zero-order chi connectivity index (χ0) is 26.1. The number of nitro groups is 1. The number of nitro benzene ring substituents is 1. The van der Waals surface area contributed by atoms with Crippen molar-refractivity contribution in [1.29, 1.82) is 0 Å². The minimum Gasteiger partial charge on any atom is -0.448 e. The quantitative estimate of drug-likeness (QED) is 0.185. The Kier molecular flexibility index (Phi) is 8.84. The summed E-state index contributed by atoms with van der Waals surface area (Å²) in [5.74, 6) is -2.62. The molecule has 0 aliphatic carbocycles. The van der Waals surface area contributed by atoms with Crippen LogP contribution in [0.1, 0.15) is 32.4 Å². The number of carbonyl (C=O) groups excluding carboxylic acids is 4. The molecule has 0 saturated heterocycles. The highest BCUT2D eigenvalue weighted by Crippen LogP contribution is 2.25. The van der Waals surface area contributed by atoms with Gasteiger partial charge in [0.15, 0.2) is 6.10 Å². The van der Waals surface area contributed by atoms with Gasteiger partial charge in [0.05, 0.1) is 11.5 Å².